The molecule has 5 heteroatoms. The molecule has 21 heavy (non-hydrogen) atoms. The minimum Gasteiger partial charge on any atom is -0.350 e. The third-order valence-electron chi connectivity index (χ3n) is 4.05. The minimum absolute atomic E-state index is 0.154. The fraction of sp³-hybridized carbons (Fsp3) is 0.812. The van der Waals surface area contributed by atoms with Gasteiger partial charge in [-0.1, -0.05) is 6.92 Å². The summed E-state index contributed by atoms with van der Waals surface area (Å²) >= 11 is 1.81. The average Bonchev–Trinajstić information content (AvgIpc) is 3.03. The molecule has 0 amide bonds. The fourth-order valence-electron chi connectivity index (χ4n) is 2.82. The normalized spacial score (nSPS) is 20.1. The van der Waals surface area contributed by atoms with E-state index in [9.17, 15) is 0 Å². The topological polar surface area (TPSA) is 31.4 Å². The second kappa shape index (κ2) is 7.07. The standard InChI is InChI=1S/C16H30N4S/c1-6-20-9-7-8-13(20)12-19(5)15-17-10-14(21-15)11-18-16(2,3)4/h10,13,18H,6-9,11-12H2,1-5H3. The van der Waals surface area contributed by atoms with Crippen LogP contribution >= 0.6 is 11.3 Å². The van der Waals surface area contributed by atoms with E-state index in [0.29, 0.717) is 6.04 Å². The van der Waals surface area contributed by atoms with E-state index in [1.54, 1.807) is 0 Å². The molecule has 1 atom stereocenters. The van der Waals surface area contributed by atoms with E-state index >= 15 is 0 Å². The van der Waals surface area contributed by atoms with Gasteiger partial charge in [0.1, 0.15) is 0 Å². The molecule has 2 heterocycles. The van der Waals surface area contributed by atoms with Crippen molar-refractivity contribution in [3.8, 4) is 0 Å². The number of likely N-dealkylation sites (tertiary alicyclic amines) is 1. The first-order chi connectivity index (χ1) is 9.89. The molecule has 2 rings (SSSR count). The maximum Gasteiger partial charge on any atom is 0.185 e. The second-order valence-electron chi connectivity index (χ2n) is 7.02. The predicted octanol–water partition coefficient (Wildman–Crippen LogP) is 2.95. The Morgan fingerprint density at radius 2 is 2.24 bits per heavy atom. The zero-order valence-electron chi connectivity index (χ0n) is 14.1. The van der Waals surface area contributed by atoms with Crippen LogP contribution < -0.4 is 10.2 Å². The smallest absolute Gasteiger partial charge is 0.185 e. The van der Waals surface area contributed by atoms with Crippen molar-refractivity contribution in [2.24, 2.45) is 0 Å². The van der Waals surface area contributed by atoms with E-state index in [1.165, 1.54) is 24.3 Å². The van der Waals surface area contributed by atoms with Crippen LogP contribution in [0.1, 0.15) is 45.4 Å². The Balaban J connectivity index is 1.88. The Labute approximate surface area is 133 Å². The maximum absolute atomic E-state index is 4.60. The van der Waals surface area contributed by atoms with Crippen molar-refractivity contribution >= 4 is 16.5 Å². The third-order valence-corrected chi connectivity index (χ3v) is 5.16. The van der Waals surface area contributed by atoms with Crippen LogP contribution in [0.3, 0.4) is 0 Å². The van der Waals surface area contributed by atoms with Crippen LogP contribution in [0.2, 0.25) is 0 Å². The first-order valence-electron chi connectivity index (χ1n) is 8.04. The zero-order chi connectivity index (χ0) is 15.5. The van der Waals surface area contributed by atoms with Gasteiger partial charge in [-0.25, -0.2) is 4.98 Å². The molecule has 0 radical (unpaired) electrons. The summed E-state index contributed by atoms with van der Waals surface area (Å²) in [6.07, 6.45) is 4.68. The molecule has 1 aromatic heterocycles. The minimum atomic E-state index is 0.154. The number of hydrogen-bond donors (Lipinski definition) is 1. The van der Waals surface area contributed by atoms with Crippen molar-refractivity contribution < 1.29 is 0 Å². The molecule has 1 saturated heterocycles. The van der Waals surface area contributed by atoms with Crippen molar-refractivity contribution in [2.75, 3.05) is 31.6 Å². The molecule has 0 saturated carbocycles. The van der Waals surface area contributed by atoms with E-state index < -0.39 is 0 Å². The molecule has 1 aliphatic rings. The van der Waals surface area contributed by atoms with Crippen LogP contribution in [0.15, 0.2) is 6.20 Å². The second-order valence-corrected chi connectivity index (χ2v) is 8.11. The van der Waals surface area contributed by atoms with Gasteiger partial charge in [0.15, 0.2) is 5.13 Å². The van der Waals surface area contributed by atoms with Crippen LogP contribution in [0.4, 0.5) is 5.13 Å². The summed E-state index contributed by atoms with van der Waals surface area (Å²) in [5, 5.41) is 4.67. The van der Waals surface area contributed by atoms with Gasteiger partial charge >= 0.3 is 0 Å². The highest BCUT2D eigenvalue weighted by Crippen LogP contribution is 2.24. The summed E-state index contributed by atoms with van der Waals surface area (Å²) in [6.45, 7) is 13.3. The lowest BCUT2D eigenvalue weighted by atomic mass is 10.1. The maximum atomic E-state index is 4.60. The number of nitrogens with zero attached hydrogens (tertiary/aromatic N) is 3. The number of rotatable bonds is 6. The van der Waals surface area contributed by atoms with Gasteiger partial charge in [-0.3, -0.25) is 4.90 Å². The summed E-state index contributed by atoms with van der Waals surface area (Å²) in [6, 6.07) is 0.694. The largest absolute Gasteiger partial charge is 0.350 e. The highest BCUT2D eigenvalue weighted by atomic mass is 32.1. The van der Waals surface area contributed by atoms with E-state index in [0.717, 1.165) is 24.8 Å². The van der Waals surface area contributed by atoms with E-state index in [1.807, 2.05) is 17.5 Å². The van der Waals surface area contributed by atoms with E-state index in [4.69, 9.17) is 0 Å². The lowest BCUT2D eigenvalue weighted by Gasteiger charge is -2.27. The number of likely N-dealkylation sites (N-methyl/N-ethyl adjacent to an activating group) is 2. The van der Waals surface area contributed by atoms with Gasteiger partial charge in [-0.15, -0.1) is 11.3 Å². The monoisotopic (exact) mass is 310 g/mol. The number of nitrogens with one attached hydrogen (secondary N) is 1. The SMILES string of the molecule is CCN1CCCC1CN(C)c1ncc(CNC(C)(C)C)s1. The molecule has 1 unspecified atom stereocenters. The molecule has 4 nitrogen and oxygen atoms in total. The van der Waals surface area contributed by atoms with Gasteiger partial charge < -0.3 is 10.2 Å². The van der Waals surface area contributed by atoms with Gasteiger partial charge in [0, 0.05) is 42.8 Å². The van der Waals surface area contributed by atoms with Gasteiger partial charge in [-0.2, -0.15) is 0 Å². The van der Waals surface area contributed by atoms with Crippen molar-refractivity contribution in [3.05, 3.63) is 11.1 Å². The quantitative estimate of drug-likeness (QED) is 0.875. The van der Waals surface area contributed by atoms with Crippen molar-refractivity contribution in [1.29, 1.82) is 0 Å². The fourth-order valence-corrected chi connectivity index (χ4v) is 3.64. The van der Waals surface area contributed by atoms with Gasteiger partial charge in [-0.05, 0) is 46.7 Å². The van der Waals surface area contributed by atoms with Gasteiger partial charge in [0.25, 0.3) is 0 Å². The number of thiazole rings is 1. The summed E-state index contributed by atoms with van der Waals surface area (Å²) in [4.78, 5) is 10.8. The molecular formula is C16H30N4S. The first-order valence-corrected chi connectivity index (χ1v) is 8.85. The molecule has 0 aromatic carbocycles. The molecule has 0 spiro atoms. The number of hydrogen-bond acceptors (Lipinski definition) is 5. The molecular weight excluding hydrogens is 280 g/mol. The van der Waals surface area contributed by atoms with Crippen molar-refractivity contribution in [1.82, 2.24) is 15.2 Å². The van der Waals surface area contributed by atoms with Gasteiger partial charge in [0.05, 0.1) is 0 Å². The zero-order valence-corrected chi connectivity index (χ0v) is 15.0. The number of aromatic nitrogens is 1. The predicted molar refractivity (Wildman–Crippen MR) is 92.2 cm³/mol. The highest BCUT2D eigenvalue weighted by molar-refractivity contribution is 7.15. The molecule has 1 N–H and O–H groups in total. The number of anilines is 1. The molecule has 1 fully saturated rings. The molecule has 1 aromatic rings. The van der Waals surface area contributed by atoms with Crippen LogP contribution in [0.25, 0.3) is 0 Å². The summed E-state index contributed by atoms with van der Waals surface area (Å²) in [5.74, 6) is 0. The average molecular weight is 311 g/mol. The molecule has 1 aliphatic heterocycles. The Kier molecular flexibility index (Phi) is 5.63. The Morgan fingerprint density at radius 1 is 1.48 bits per heavy atom. The molecule has 0 aliphatic carbocycles. The lowest BCUT2D eigenvalue weighted by molar-refractivity contribution is 0.270. The van der Waals surface area contributed by atoms with Crippen LogP contribution in [0, 0.1) is 0 Å². The van der Waals surface area contributed by atoms with Crippen molar-refractivity contribution in [2.45, 2.75) is 58.7 Å². The summed E-state index contributed by atoms with van der Waals surface area (Å²) in [5.41, 5.74) is 0.154. The Morgan fingerprint density at radius 3 is 2.90 bits per heavy atom. The van der Waals surface area contributed by atoms with Crippen LogP contribution in [0.5, 0.6) is 0 Å². The Bertz CT molecular complexity index is 438. The summed E-state index contributed by atoms with van der Waals surface area (Å²) in [7, 11) is 2.17. The highest BCUT2D eigenvalue weighted by Gasteiger charge is 2.24. The van der Waals surface area contributed by atoms with E-state index in [-0.39, 0.29) is 5.54 Å². The Hall–Kier alpha value is -0.650. The lowest BCUT2D eigenvalue weighted by Crippen LogP contribution is -2.38. The van der Waals surface area contributed by atoms with Crippen LogP contribution in [-0.2, 0) is 6.54 Å². The first kappa shape index (κ1) is 16.7. The van der Waals surface area contributed by atoms with Gasteiger partial charge in [0.2, 0.25) is 0 Å². The third kappa shape index (κ3) is 4.94. The van der Waals surface area contributed by atoms with Crippen molar-refractivity contribution in [3.63, 3.8) is 0 Å². The van der Waals surface area contributed by atoms with Crippen LogP contribution in [-0.4, -0.2) is 48.1 Å². The molecule has 0 bridgehead atoms. The summed E-state index contributed by atoms with van der Waals surface area (Å²) < 4.78 is 0. The molecule has 120 valence electrons. The van der Waals surface area contributed by atoms with E-state index in [2.05, 4.69) is 54.8 Å².